The second-order valence-electron chi connectivity index (χ2n) is 5.94. The summed E-state index contributed by atoms with van der Waals surface area (Å²) in [7, 11) is -4.20. The molecule has 0 bridgehead atoms. The van der Waals surface area contributed by atoms with E-state index in [2.05, 4.69) is 15.2 Å². The lowest BCUT2D eigenvalue weighted by atomic mass is 9.87. The molecule has 10 heteroatoms. The molecule has 0 aromatic heterocycles. The Morgan fingerprint density at radius 3 is 2.33 bits per heavy atom. The Labute approximate surface area is 142 Å². The molecule has 0 saturated heterocycles. The summed E-state index contributed by atoms with van der Waals surface area (Å²) in [4.78, 5) is 32.7. The van der Waals surface area contributed by atoms with Crippen molar-refractivity contribution < 1.29 is 33.2 Å². The maximum Gasteiger partial charge on any atom is 0.472 e. The van der Waals surface area contributed by atoms with E-state index in [1.165, 1.54) is 20.8 Å². The van der Waals surface area contributed by atoms with Gasteiger partial charge in [0.05, 0.1) is 13.2 Å². The van der Waals surface area contributed by atoms with Gasteiger partial charge in [0, 0.05) is 24.9 Å². The standard InChI is InChI=1S/C14H29N2O7P/c1-5-8-15-11(17)7-9-16-13(19)12(18)14(3,4)10-23-24(20,21)22-6-2/h12,18H,5-10H2,1-4H3,(H,15,17)(H,16,19)(H,20,21). The van der Waals surface area contributed by atoms with Gasteiger partial charge >= 0.3 is 7.82 Å². The van der Waals surface area contributed by atoms with Gasteiger partial charge in [0.2, 0.25) is 11.8 Å². The Hall–Kier alpha value is -0.990. The van der Waals surface area contributed by atoms with Crippen molar-refractivity contribution in [2.24, 2.45) is 5.41 Å². The number of aliphatic hydroxyl groups excluding tert-OH is 1. The van der Waals surface area contributed by atoms with Crippen LogP contribution in [0.1, 0.15) is 40.5 Å². The predicted octanol–water partition coefficient (Wildman–Crippen LogP) is 0.560. The zero-order valence-corrected chi connectivity index (χ0v) is 15.6. The molecular formula is C14H29N2O7P. The average molecular weight is 368 g/mol. The van der Waals surface area contributed by atoms with Crippen molar-refractivity contribution in [3.63, 3.8) is 0 Å². The van der Waals surface area contributed by atoms with Crippen LogP contribution in [0.25, 0.3) is 0 Å². The summed E-state index contributed by atoms with van der Waals surface area (Å²) in [6, 6.07) is 0. The van der Waals surface area contributed by atoms with E-state index in [4.69, 9.17) is 4.52 Å². The normalized spacial score (nSPS) is 15.4. The van der Waals surface area contributed by atoms with Gasteiger partial charge in [0.1, 0.15) is 6.10 Å². The van der Waals surface area contributed by atoms with Crippen molar-refractivity contribution in [2.75, 3.05) is 26.3 Å². The molecule has 2 atom stereocenters. The third-order valence-electron chi connectivity index (χ3n) is 3.10. The first-order valence-corrected chi connectivity index (χ1v) is 9.39. The minimum Gasteiger partial charge on any atom is -0.383 e. The van der Waals surface area contributed by atoms with Crippen LogP contribution in [0, 0.1) is 5.41 Å². The van der Waals surface area contributed by atoms with Crippen molar-refractivity contribution in [1.29, 1.82) is 0 Å². The van der Waals surface area contributed by atoms with Crippen molar-refractivity contribution in [1.82, 2.24) is 10.6 Å². The van der Waals surface area contributed by atoms with E-state index in [0.29, 0.717) is 6.54 Å². The zero-order chi connectivity index (χ0) is 18.8. The highest BCUT2D eigenvalue weighted by Gasteiger charge is 2.36. The first-order valence-electron chi connectivity index (χ1n) is 7.90. The van der Waals surface area contributed by atoms with E-state index < -0.39 is 25.2 Å². The molecule has 9 nitrogen and oxygen atoms in total. The lowest BCUT2D eigenvalue weighted by molar-refractivity contribution is -0.137. The summed E-state index contributed by atoms with van der Waals surface area (Å²) in [6.07, 6.45) is -0.551. The molecule has 0 aliphatic carbocycles. The number of phosphoric acid groups is 1. The van der Waals surface area contributed by atoms with Crippen LogP contribution in [0.2, 0.25) is 0 Å². The van der Waals surface area contributed by atoms with E-state index in [9.17, 15) is 24.2 Å². The summed E-state index contributed by atoms with van der Waals surface area (Å²) in [5, 5.41) is 15.2. The highest BCUT2D eigenvalue weighted by molar-refractivity contribution is 7.47. The number of nitrogens with one attached hydrogen (secondary N) is 2. The van der Waals surface area contributed by atoms with Crippen LogP contribution in [0.3, 0.4) is 0 Å². The molecule has 0 spiro atoms. The fourth-order valence-corrected chi connectivity index (χ4v) is 2.53. The lowest BCUT2D eigenvalue weighted by Crippen LogP contribution is -2.46. The van der Waals surface area contributed by atoms with E-state index in [-0.39, 0.29) is 32.1 Å². The third-order valence-corrected chi connectivity index (χ3v) is 4.14. The van der Waals surface area contributed by atoms with Crippen LogP contribution < -0.4 is 10.6 Å². The van der Waals surface area contributed by atoms with E-state index >= 15 is 0 Å². The van der Waals surface area contributed by atoms with Crippen LogP contribution in [0.4, 0.5) is 0 Å². The second-order valence-corrected chi connectivity index (χ2v) is 7.40. The topological polar surface area (TPSA) is 134 Å². The van der Waals surface area contributed by atoms with Crippen LogP contribution in [0.5, 0.6) is 0 Å². The fourth-order valence-electron chi connectivity index (χ4n) is 1.63. The minimum absolute atomic E-state index is 0.00264. The van der Waals surface area contributed by atoms with Gasteiger partial charge in [-0.25, -0.2) is 4.57 Å². The molecule has 0 aromatic rings. The molecule has 0 aliphatic heterocycles. The quantitative estimate of drug-likeness (QED) is 0.370. The van der Waals surface area contributed by atoms with E-state index in [0.717, 1.165) is 6.42 Å². The number of aliphatic hydroxyl groups is 1. The number of hydrogen-bond donors (Lipinski definition) is 4. The predicted molar refractivity (Wildman–Crippen MR) is 88.1 cm³/mol. The van der Waals surface area contributed by atoms with Crippen LogP contribution in [0.15, 0.2) is 0 Å². The zero-order valence-electron chi connectivity index (χ0n) is 14.7. The van der Waals surface area contributed by atoms with Crippen molar-refractivity contribution in [3.8, 4) is 0 Å². The summed E-state index contributed by atoms with van der Waals surface area (Å²) in [6.45, 7) is 6.79. The van der Waals surface area contributed by atoms with Gasteiger partial charge in [-0.3, -0.25) is 18.6 Å². The second kappa shape index (κ2) is 10.8. The monoisotopic (exact) mass is 368 g/mol. The van der Waals surface area contributed by atoms with E-state index in [1.54, 1.807) is 0 Å². The van der Waals surface area contributed by atoms with Gasteiger partial charge in [-0.05, 0) is 13.3 Å². The smallest absolute Gasteiger partial charge is 0.383 e. The molecule has 142 valence electrons. The van der Waals surface area contributed by atoms with Crippen LogP contribution in [-0.2, 0) is 23.2 Å². The number of carbonyl (C=O) groups is 2. The highest BCUT2D eigenvalue weighted by Crippen LogP contribution is 2.44. The third kappa shape index (κ3) is 9.34. The van der Waals surface area contributed by atoms with Crippen molar-refractivity contribution in [2.45, 2.75) is 46.6 Å². The Kier molecular flexibility index (Phi) is 10.3. The highest BCUT2D eigenvalue weighted by atomic mass is 31.2. The number of phosphoric ester groups is 1. The Morgan fingerprint density at radius 2 is 1.79 bits per heavy atom. The minimum atomic E-state index is -4.20. The van der Waals surface area contributed by atoms with E-state index in [1.807, 2.05) is 6.92 Å². The molecule has 0 saturated carbocycles. The molecular weight excluding hydrogens is 339 g/mol. The summed E-state index contributed by atoms with van der Waals surface area (Å²) >= 11 is 0. The largest absolute Gasteiger partial charge is 0.472 e. The molecule has 4 N–H and O–H groups in total. The summed E-state index contributed by atoms with van der Waals surface area (Å²) < 4.78 is 20.8. The first kappa shape index (κ1) is 23.0. The average Bonchev–Trinajstić information content (AvgIpc) is 2.50. The van der Waals surface area contributed by atoms with Gasteiger partial charge in [0.25, 0.3) is 0 Å². The molecule has 24 heavy (non-hydrogen) atoms. The molecule has 0 fully saturated rings. The molecule has 0 aliphatic rings. The Bertz CT molecular complexity index is 456. The van der Waals surface area contributed by atoms with Gasteiger partial charge in [-0.1, -0.05) is 20.8 Å². The molecule has 0 aromatic carbocycles. The van der Waals surface area contributed by atoms with Crippen molar-refractivity contribution in [3.05, 3.63) is 0 Å². The number of amides is 2. The molecule has 2 amide bonds. The first-order chi connectivity index (χ1) is 11.1. The number of rotatable bonds is 12. The SMILES string of the molecule is CCCNC(=O)CCNC(=O)C(O)C(C)(C)COP(=O)(O)OCC. The van der Waals surface area contributed by atoms with Gasteiger partial charge in [-0.15, -0.1) is 0 Å². The Morgan fingerprint density at radius 1 is 1.17 bits per heavy atom. The fraction of sp³-hybridized carbons (Fsp3) is 0.857. The molecule has 0 radical (unpaired) electrons. The number of carbonyl (C=O) groups excluding carboxylic acids is 2. The van der Waals surface area contributed by atoms with Gasteiger partial charge in [0.15, 0.2) is 0 Å². The molecule has 0 heterocycles. The van der Waals surface area contributed by atoms with Crippen LogP contribution in [-0.4, -0.2) is 54.2 Å². The maximum absolute atomic E-state index is 11.9. The maximum atomic E-state index is 11.9. The Balaban J connectivity index is 4.33. The lowest BCUT2D eigenvalue weighted by Gasteiger charge is -2.29. The molecule has 2 unspecified atom stereocenters. The number of hydrogen-bond acceptors (Lipinski definition) is 6. The molecule has 0 rings (SSSR count). The summed E-state index contributed by atoms with van der Waals surface area (Å²) in [5.74, 6) is -0.872. The van der Waals surface area contributed by atoms with Crippen molar-refractivity contribution >= 4 is 19.6 Å². The van der Waals surface area contributed by atoms with Crippen LogP contribution >= 0.6 is 7.82 Å². The summed E-state index contributed by atoms with van der Waals surface area (Å²) in [5.41, 5.74) is -1.12. The van der Waals surface area contributed by atoms with Gasteiger partial charge in [-0.2, -0.15) is 0 Å². The van der Waals surface area contributed by atoms with Gasteiger partial charge < -0.3 is 20.6 Å².